The molecule has 1 aliphatic carbocycles. The first kappa shape index (κ1) is 21.6. The number of aromatic nitrogens is 3. The van der Waals surface area contributed by atoms with E-state index < -0.39 is 11.7 Å². The molecule has 4 nitrogen and oxygen atoms in total. The maximum absolute atomic E-state index is 13.0. The smallest absolute Gasteiger partial charge is 0.302 e. The zero-order valence-electron chi connectivity index (χ0n) is 15.9. The van der Waals surface area contributed by atoms with Gasteiger partial charge in [-0.2, -0.15) is 13.2 Å². The molecule has 0 bridgehead atoms. The highest BCUT2D eigenvalue weighted by molar-refractivity contribution is 9.10. The topological polar surface area (TPSA) is 47.8 Å². The van der Waals surface area contributed by atoms with Gasteiger partial charge >= 0.3 is 6.18 Å². The lowest BCUT2D eigenvalue weighted by Gasteiger charge is -2.15. The van der Waals surface area contributed by atoms with Crippen molar-refractivity contribution in [1.29, 1.82) is 0 Å². The first-order valence-corrected chi connectivity index (χ1v) is 11.8. The van der Waals surface area contributed by atoms with Crippen molar-refractivity contribution in [3.05, 3.63) is 45.7 Å². The van der Waals surface area contributed by atoms with Crippen molar-refractivity contribution in [2.24, 2.45) is 0 Å². The maximum atomic E-state index is 13.0. The molecule has 0 amide bonds. The van der Waals surface area contributed by atoms with Gasteiger partial charge < -0.3 is 4.79 Å². The molecule has 0 saturated carbocycles. The number of nitrogens with zero attached hydrogens (tertiary/aromatic N) is 3. The van der Waals surface area contributed by atoms with Crippen LogP contribution in [-0.4, -0.2) is 26.3 Å². The number of hydrogen-bond donors (Lipinski definition) is 0. The lowest BCUT2D eigenvalue weighted by atomic mass is 9.91. The minimum absolute atomic E-state index is 0.273. The highest BCUT2D eigenvalue weighted by atomic mass is 79.9. The Morgan fingerprint density at radius 1 is 1.17 bits per heavy atom. The number of rotatable bonds is 5. The molecule has 0 fully saturated rings. The Bertz CT molecular complexity index is 1080. The van der Waals surface area contributed by atoms with Gasteiger partial charge in [-0.1, -0.05) is 23.9 Å². The van der Waals surface area contributed by atoms with Crippen LogP contribution in [0.5, 0.6) is 0 Å². The third kappa shape index (κ3) is 4.09. The van der Waals surface area contributed by atoms with E-state index in [9.17, 15) is 18.0 Å². The Morgan fingerprint density at radius 2 is 1.83 bits per heavy atom. The quantitative estimate of drug-likeness (QED) is 0.294. The Hall–Kier alpha value is -1.65. The molecule has 2 heterocycles. The second kappa shape index (κ2) is 8.47. The molecular weight excluding hydrogens is 499 g/mol. The van der Waals surface area contributed by atoms with Crippen molar-refractivity contribution in [1.82, 2.24) is 14.8 Å². The van der Waals surface area contributed by atoms with Crippen LogP contribution in [0.3, 0.4) is 0 Å². The molecule has 0 aliphatic heterocycles. The highest BCUT2D eigenvalue weighted by Crippen LogP contribution is 2.45. The molecular formula is C20H17BrF3N3OS2. The average Bonchev–Trinajstić information content (AvgIpc) is 3.27. The fraction of sp³-hybridized carbons (Fsp3) is 0.350. The van der Waals surface area contributed by atoms with E-state index in [0.717, 1.165) is 59.5 Å². The van der Waals surface area contributed by atoms with E-state index >= 15 is 0 Å². The monoisotopic (exact) mass is 515 g/mol. The molecule has 1 unspecified atom stereocenters. The van der Waals surface area contributed by atoms with Crippen molar-refractivity contribution < 1.29 is 18.0 Å². The van der Waals surface area contributed by atoms with Gasteiger partial charge in [-0.05, 0) is 77.4 Å². The normalized spacial score (nSPS) is 15.1. The Labute approximate surface area is 188 Å². The van der Waals surface area contributed by atoms with E-state index in [-0.39, 0.29) is 5.25 Å². The zero-order chi connectivity index (χ0) is 21.5. The summed E-state index contributed by atoms with van der Waals surface area (Å²) in [6, 6.07) is 5.34. The second-order valence-electron chi connectivity index (χ2n) is 7.02. The third-order valence-electron chi connectivity index (χ3n) is 4.95. The highest BCUT2D eigenvalue weighted by Gasteiger charge is 2.31. The van der Waals surface area contributed by atoms with Crippen molar-refractivity contribution in [3.8, 4) is 15.4 Å². The molecule has 30 heavy (non-hydrogen) atoms. The molecule has 1 aromatic carbocycles. The van der Waals surface area contributed by atoms with Crippen LogP contribution in [0.4, 0.5) is 13.2 Å². The molecule has 0 spiro atoms. The number of carbonyl (C=O) groups excluding carboxylic acids is 1. The summed E-state index contributed by atoms with van der Waals surface area (Å²) >= 11 is 6.31. The van der Waals surface area contributed by atoms with E-state index in [0.29, 0.717) is 9.89 Å². The summed E-state index contributed by atoms with van der Waals surface area (Å²) in [5.74, 6) is 0. The predicted molar refractivity (Wildman–Crippen MR) is 115 cm³/mol. The fourth-order valence-corrected chi connectivity index (χ4v) is 6.41. The van der Waals surface area contributed by atoms with Gasteiger partial charge in [-0.3, -0.25) is 4.57 Å². The van der Waals surface area contributed by atoms with Gasteiger partial charge in [0.2, 0.25) is 4.73 Å². The summed E-state index contributed by atoms with van der Waals surface area (Å²) < 4.78 is 41.3. The van der Waals surface area contributed by atoms with E-state index in [1.807, 2.05) is 4.57 Å². The van der Waals surface area contributed by atoms with Gasteiger partial charge in [0.15, 0.2) is 5.16 Å². The van der Waals surface area contributed by atoms with E-state index in [2.05, 4.69) is 26.1 Å². The van der Waals surface area contributed by atoms with Crippen LogP contribution < -0.4 is 0 Å². The van der Waals surface area contributed by atoms with Gasteiger partial charge in [-0.25, -0.2) is 0 Å². The van der Waals surface area contributed by atoms with Crippen LogP contribution in [-0.2, 0) is 23.8 Å². The number of thiophene rings is 1. The number of aldehydes is 1. The van der Waals surface area contributed by atoms with Crippen molar-refractivity contribution in [2.75, 3.05) is 0 Å². The molecule has 4 rings (SSSR count). The minimum Gasteiger partial charge on any atom is -0.302 e. The van der Waals surface area contributed by atoms with Crippen LogP contribution in [0, 0.1) is 0 Å². The molecule has 0 N–H and O–H groups in total. The first-order chi connectivity index (χ1) is 14.3. The molecule has 0 radical (unpaired) electrons. The number of carbonyl (C=O) groups is 1. The lowest BCUT2D eigenvalue weighted by molar-refractivity contribution is -0.137. The van der Waals surface area contributed by atoms with Gasteiger partial charge in [0.05, 0.1) is 10.8 Å². The predicted octanol–water partition coefficient (Wildman–Crippen LogP) is 6.34. The second-order valence-corrected chi connectivity index (χ2v) is 10.1. The first-order valence-electron chi connectivity index (χ1n) is 9.35. The third-order valence-corrected chi connectivity index (χ3v) is 7.73. The summed E-state index contributed by atoms with van der Waals surface area (Å²) in [7, 11) is 0. The summed E-state index contributed by atoms with van der Waals surface area (Å²) in [6.07, 6.45) is 0.372. The van der Waals surface area contributed by atoms with Crippen LogP contribution in [0.15, 0.2) is 34.2 Å². The number of fused-ring (bicyclic) bond motifs is 1. The van der Waals surface area contributed by atoms with Crippen molar-refractivity contribution in [3.63, 3.8) is 0 Å². The molecule has 2 aromatic heterocycles. The molecule has 10 heteroatoms. The summed E-state index contributed by atoms with van der Waals surface area (Å²) in [6.45, 7) is 1.79. The number of benzene rings is 1. The van der Waals surface area contributed by atoms with Crippen LogP contribution in [0.1, 0.15) is 36.5 Å². The number of hydrogen-bond acceptors (Lipinski definition) is 5. The van der Waals surface area contributed by atoms with Gasteiger partial charge in [0.25, 0.3) is 0 Å². The van der Waals surface area contributed by atoms with Gasteiger partial charge in [0.1, 0.15) is 11.3 Å². The molecule has 1 atom stereocenters. The van der Waals surface area contributed by atoms with Crippen molar-refractivity contribution in [2.45, 2.75) is 49.2 Å². The minimum atomic E-state index is -4.35. The van der Waals surface area contributed by atoms with E-state index in [1.165, 1.54) is 34.2 Å². The number of alkyl halides is 3. The molecule has 158 valence electrons. The Kier molecular flexibility index (Phi) is 6.09. The van der Waals surface area contributed by atoms with Crippen LogP contribution in [0.2, 0.25) is 0 Å². The van der Waals surface area contributed by atoms with Gasteiger partial charge in [0, 0.05) is 4.88 Å². The van der Waals surface area contributed by atoms with Crippen molar-refractivity contribution >= 4 is 45.3 Å². The Balaban J connectivity index is 1.82. The summed E-state index contributed by atoms with van der Waals surface area (Å²) in [4.78, 5) is 12.1. The number of thioether (sulfide) groups is 1. The summed E-state index contributed by atoms with van der Waals surface area (Å²) in [5, 5.41) is 9.61. The molecule has 0 saturated heterocycles. The average molecular weight is 516 g/mol. The lowest BCUT2D eigenvalue weighted by Crippen LogP contribution is -2.06. The maximum Gasteiger partial charge on any atom is 0.416 e. The van der Waals surface area contributed by atoms with Gasteiger partial charge in [-0.15, -0.1) is 21.5 Å². The van der Waals surface area contributed by atoms with Crippen LogP contribution in [0.25, 0.3) is 15.4 Å². The Morgan fingerprint density at radius 3 is 2.47 bits per heavy atom. The van der Waals surface area contributed by atoms with E-state index in [1.54, 1.807) is 19.1 Å². The van der Waals surface area contributed by atoms with E-state index in [4.69, 9.17) is 0 Å². The molecule has 3 aromatic rings. The fourth-order valence-electron chi connectivity index (χ4n) is 3.53. The zero-order valence-corrected chi connectivity index (χ0v) is 19.1. The standard InChI is InChI=1S/C20H17BrF3N3OS2/c1-11(10-28)29-19-26-25-18(21)27(19)17-15-5-3-2-4-14(15)16(30-17)12-6-8-13(9-7-12)20(22,23)24/h6-11H,2-5H2,1H3. The SMILES string of the molecule is CC(C=O)Sc1nnc(Br)n1-c1sc(-c2ccc(C(F)(F)F)cc2)c2c1CCCC2. The molecule has 1 aliphatic rings. The number of halogens is 4. The largest absolute Gasteiger partial charge is 0.416 e. The summed E-state index contributed by atoms with van der Waals surface area (Å²) in [5.41, 5.74) is 2.49. The van der Waals surface area contributed by atoms with Crippen LogP contribution >= 0.6 is 39.0 Å².